The van der Waals surface area contributed by atoms with Crippen LogP contribution in [0.15, 0.2) is 27.7 Å². The van der Waals surface area contributed by atoms with Gasteiger partial charge in [0.25, 0.3) is 0 Å². The highest BCUT2D eigenvalue weighted by molar-refractivity contribution is 14.0. The van der Waals surface area contributed by atoms with Crippen LogP contribution in [-0.2, 0) is 13.1 Å². The Hall–Kier alpha value is -2.04. The van der Waals surface area contributed by atoms with Gasteiger partial charge in [0.1, 0.15) is 0 Å². The molecule has 0 radical (unpaired) electrons. The van der Waals surface area contributed by atoms with Crippen LogP contribution in [0.2, 0.25) is 0 Å². The Kier molecular flexibility index (Phi) is 7.59. The summed E-state index contributed by atoms with van der Waals surface area (Å²) < 4.78 is 15.4. The number of hydrogen-bond acceptors (Lipinski definition) is 6. The van der Waals surface area contributed by atoms with E-state index >= 15 is 0 Å². The lowest BCUT2D eigenvalue weighted by molar-refractivity contribution is 0.354. The Morgan fingerprint density at radius 3 is 2.65 bits per heavy atom. The predicted molar refractivity (Wildman–Crippen MR) is 96.2 cm³/mol. The highest BCUT2D eigenvalue weighted by atomic mass is 127. The number of halogens is 1. The lowest BCUT2D eigenvalue weighted by Crippen LogP contribution is -2.31. The largest absolute Gasteiger partial charge is 0.493 e. The third-order valence-electron chi connectivity index (χ3n) is 2.87. The van der Waals surface area contributed by atoms with Crippen molar-refractivity contribution in [3.05, 3.63) is 35.5 Å². The third-order valence-corrected chi connectivity index (χ3v) is 2.87. The van der Waals surface area contributed by atoms with Crippen LogP contribution in [-0.4, -0.2) is 30.3 Å². The third kappa shape index (κ3) is 5.58. The molecule has 0 fully saturated rings. The summed E-state index contributed by atoms with van der Waals surface area (Å²) in [4.78, 5) is 8.31. The Balaban J connectivity index is 0.00000264. The maximum atomic E-state index is 5.80. The minimum Gasteiger partial charge on any atom is -0.493 e. The number of guanidine groups is 1. The molecule has 2 aromatic rings. The fraction of sp³-hybridized carbons (Fsp3) is 0.357. The van der Waals surface area contributed by atoms with E-state index in [0.717, 1.165) is 5.56 Å². The van der Waals surface area contributed by atoms with Crippen molar-refractivity contribution in [3.63, 3.8) is 0 Å². The van der Waals surface area contributed by atoms with Gasteiger partial charge in [-0.1, -0.05) is 11.2 Å². The average Bonchev–Trinajstić information content (AvgIpc) is 2.96. The fourth-order valence-corrected chi connectivity index (χ4v) is 1.79. The first-order valence-electron chi connectivity index (χ1n) is 6.66. The van der Waals surface area contributed by atoms with Crippen molar-refractivity contribution in [2.75, 3.05) is 14.2 Å². The molecule has 0 bridgehead atoms. The second-order valence-corrected chi connectivity index (χ2v) is 4.48. The molecule has 126 valence electrons. The number of aromatic nitrogens is 2. The van der Waals surface area contributed by atoms with E-state index in [1.807, 2.05) is 18.2 Å². The number of aryl methyl sites for hydroxylation is 1. The molecule has 0 aliphatic heterocycles. The van der Waals surface area contributed by atoms with E-state index in [0.29, 0.717) is 42.3 Å². The number of rotatable bonds is 6. The summed E-state index contributed by atoms with van der Waals surface area (Å²) in [5.41, 5.74) is 6.75. The molecule has 0 amide bonds. The molecule has 1 aromatic carbocycles. The average molecular weight is 433 g/mol. The van der Waals surface area contributed by atoms with Crippen LogP contribution in [0, 0.1) is 6.92 Å². The van der Waals surface area contributed by atoms with Crippen LogP contribution in [0.4, 0.5) is 0 Å². The second kappa shape index (κ2) is 9.18. The number of nitrogens with two attached hydrogens (primary N) is 1. The molecule has 23 heavy (non-hydrogen) atoms. The zero-order valence-electron chi connectivity index (χ0n) is 13.2. The normalized spacial score (nSPS) is 10.8. The number of aliphatic imine (C=N–C) groups is 1. The van der Waals surface area contributed by atoms with Crippen molar-refractivity contribution < 1.29 is 14.0 Å². The Labute approximate surface area is 151 Å². The molecular weight excluding hydrogens is 413 g/mol. The van der Waals surface area contributed by atoms with Gasteiger partial charge in [0.05, 0.1) is 27.3 Å². The van der Waals surface area contributed by atoms with Gasteiger partial charge in [0, 0.05) is 0 Å². The van der Waals surface area contributed by atoms with Crippen LogP contribution in [0.3, 0.4) is 0 Å². The molecule has 0 unspecified atom stereocenters. The predicted octanol–water partition coefficient (Wildman–Crippen LogP) is 1.62. The van der Waals surface area contributed by atoms with Gasteiger partial charge >= 0.3 is 0 Å². The van der Waals surface area contributed by atoms with Gasteiger partial charge < -0.3 is 25.0 Å². The summed E-state index contributed by atoms with van der Waals surface area (Å²) in [6, 6.07) is 5.59. The maximum Gasteiger partial charge on any atom is 0.246 e. The Morgan fingerprint density at radius 2 is 2.04 bits per heavy atom. The zero-order chi connectivity index (χ0) is 15.9. The Morgan fingerprint density at radius 1 is 1.30 bits per heavy atom. The van der Waals surface area contributed by atoms with Crippen molar-refractivity contribution in [3.8, 4) is 11.5 Å². The van der Waals surface area contributed by atoms with Gasteiger partial charge in [-0.05, 0) is 24.6 Å². The minimum atomic E-state index is 0. The minimum absolute atomic E-state index is 0. The quantitative estimate of drug-likeness (QED) is 0.405. The standard InChI is InChI=1S/C14H19N5O3.HI/c1-9-18-13(22-19-9)8-17-14(15)16-7-10-4-5-11(20-2)12(6-10)21-3;/h4-6H,7-8H2,1-3H3,(H3,15,16,17);1H. The summed E-state index contributed by atoms with van der Waals surface area (Å²) in [6.07, 6.45) is 0. The van der Waals surface area contributed by atoms with Gasteiger partial charge in [0.15, 0.2) is 23.3 Å². The molecule has 0 atom stereocenters. The number of methoxy groups -OCH3 is 2. The molecule has 0 aliphatic carbocycles. The fourth-order valence-electron chi connectivity index (χ4n) is 1.79. The highest BCUT2D eigenvalue weighted by Gasteiger charge is 2.05. The van der Waals surface area contributed by atoms with Crippen LogP contribution < -0.4 is 20.5 Å². The monoisotopic (exact) mass is 433 g/mol. The number of nitrogens with zero attached hydrogens (tertiary/aromatic N) is 3. The van der Waals surface area contributed by atoms with Crippen LogP contribution >= 0.6 is 24.0 Å². The van der Waals surface area contributed by atoms with Crippen LogP contribution in [0.1, 0.15) is 17.3 Å². The van der Waals surface area contributed by atoms with Gasteiger partial charge in [-0.2, -0.15) is 4.98 Å². The van der Waals surface area contributed by atoms with E-state index in [1.54, 1.807) is 21.1 Å². The summed E-state index contributed by atoms with van der Waals surface area (Å²) in [5, 5.41) is 6.60. The molecule has 0 aliphatic rings. The molecule has 0 saturated heterocycles. The summed E-state index contributed by atoms with van der Waals surface area (Å²) in [6.45, 7) is 2.51. The summed E-state index contributed by atoms with van der Waals surface area (Å²) in [5.74, 6) is 2.67. The number of nitrogens with one attached hydrogen (secondary N) is 1. The molecule has 3 N–H and O–H groups in total. The van der Waals surface area contributed by atoms with Crippen molar-refractivity contribution in [1.29, 1.82) is 0 Å². The zero-order valence-corrected chi connectivity index (χ0v) is 15.5. The molecule has 0 saturated carbocycles. The van der Waals surface area contributed by atoms with Gasteiger partial charge in [-0.3, -0.25) is 0 Å². The lowest BCUT2D eigenvalue weighted by Gasteiger charge is -2.08. The van der Waals surface area contributed by atoms with Crippen molar-refractivity contribution in [2.45, 2.75) is 20.0 Å². The van der Waals surface area contributed by atoms with Crippen molar-refractivity contribution in [1.82, 2.24) is 15.5 Å². The molecule has 2 rings (SSSR count). The van der Waals surface area contributed by atoms with E-state index in [-0.39, 0.29) is 24.0 Å². The SMILES string of the molecule is COc1ccc(CN=C(N)NCc2nc(C)no2)cc1OC.I. The molecule has 1 heterocycles. The number of benzene rings is 1. The van der Waals surface area contributed by atoms with Gasteiger partial charge in [-0.25, -0.2) is 4.99 Å². The first kappa shape index (κ1) is 19.0. The smallest absolute Gasteiger partial charge is 0.246 e. The van der Waals surface area contributed by atoms with E-state index in [4.69, 9.17) is 19.7 Å². The molecule has 9 heteroatoms. The van der Waals surface area contributed by atoms with Crippen molar-refractivity contribution >= 4 is 29.9 Å². The lowest BCUT2D eigenvalue weighted by atomic mass is 10.2. The highest BCUT2D eigenvalue weighted by Crippen LogP contribution is 2.27. The first-order valence-corrected chi connectivity index (χ1v) is 6.66. The number of ether oxygens (including phenoxy) is 2. The van der Waals surface area contributed by atoms with E-state index < -0.39 is 0 Å². The van der Waals surface area contributed by atoms with Crippen LogP contribution in [0.25, 0.3) is 0 Å². The molecule has 1 aromatic heterocycles. The molecular formula is C14H20IN5O3. The summed E-state index contributed by atoms with van der Waals surface area (Å²) >= 11 is 0. The number of hydrogen-bond donors (Lipinski definition) is 2. The van der Waals surface area contributed by atoms with E-state index in [9.17, 15) is 0 Å². The topological polar surface area (TPSA) is 108 Å². The van der Waals surface area contributed by atoms with E-state index in [2.05, 4.69) is 20.4 Å². The molecule has 8 nitrogen and oxygen atoms in total. The molecule has 0 spiro atoms. The first-order chi connectivity index (χ1) is 10.6. The summed E-state index contributed by atoms with van der Waals surface area (Å²) in [7, 11) is 3.18. The van der Waals surface area contributed by atoms with Crippen LogP contribution in [0.5, 0.6) is 11.5 Å². The van der Waals surface area contributed by atoms with Crippen molar-refractivity contribution in [2.24, 2.45) is 10.7 Å². The van der Waals surface area contributed by atoms with Gasteiger partial charge in [-0.15, -0.1) is 24.0 Å². The maximum absolute atomic E-state index is 5.80. The van der Waals surface area contributed by atoms with E-state index in [1.165, 1.54) is 0 Å². The second-order valence-electron chi connectivity index (χ2n) is 4.48. The Bertz CT molecular complexity index is 660. The van der Waals surface area contributed by atoms with Gasteiger partial charge in [0.2, 0.25) is 5.89 Å².